The van der Waals surface area contributed by atoms with Gasteiger partial charge in [-0.15, -0.1) is 0 Å². The van der Waals surface area contributed by atoms with E-state index in [1.807, 2.05) is 0 Å². The van der Waals surface area contributed by atoms with Crippen LogP contribution in [0.2, 0.25) is 0 Å². The van der Waals surface area contributed by atoms with Crippen LogP contribution in [0.5, 0.6) is 0 Å². The number of carbonyl (C=O) groups excluding carboxylic acids is 2. The SMILES string of the molecule is CC/C=C\C/C=C\C/C=C\C/C=C\C/C=C\CCCCCC(=O)OCC(COCCCCCCCCCCCCCCCC)OC(=O)CCCCCCCCCCC/C=C\CCCCCCCC. The van der Waals surface area contributed by atoms with Gasteiger partial charge < -0.3 is 14.2 Å². The Morgan fingerprint density at radius 1 is 0.338 bits per heavy atom. The summed E-state index contributed by atoms with van der Waals surface area (Å²) >= 11 is 0. The molecule has 0 amide bonds. The molecule has 0 aliphatic carbocycles. The summed E-state index contributed by atoms with van der Waals surface area (Å²) in [7, 11) is 0. The molecule has 0 aliphatic heterocycles. The van der Waals surface area contributed by atoms with Crippen LogP contribution in [0.1, 0.15) is 290 Å². The molecule has 0 aromatic rings. The molecule has 68 heavy (non-hydrogen) atoms. The minimum absolute atomic E-state index is 0.0683. The number of carbonyl (C=O) groups is 2. The van der Waals surface area contributed by atoms with Crippen molar-refractivity contribution in [1.82, 2.24) is 0 Å². The number of esters is 2. The molecule has 0 radical (unpaired) electrons. The second-order valence-electron chi connectivity index (χ2n) is 19.5. The Morgan fingerprint density at radius 3 is 1.09 bits per heavy atom. The fourth-order valence-electron chi connectivity index (χ4n) is 8.36. The zero-order valence-electron chi connectivity index (χ0n) is 45.4. The van der Waals surface area contributed by atoms with Gasteiger partial charge in [-0.1, -0.05) is 261 Å². The zero-order chi connectivity index (χ0) is 49.2. The first-order valence-corrected chi connectivity index (χ1v) is 29.5. The van der Waals surface area contributed by atoms with Gasteiger partial charge in [-0.05, 0) is 89.9 Å². The van der Waals surface area contributed by atoms with Gasteiger partial charge in [-0.3, -0.25) is 9.59 Å². The van der Waals surface area contributed by atoms with Gasteiger partial charge in [0.05, 0.1) is 6.61 Å². The van der Waals surface area contributed by atoms with E-state index in [0.29, 0.717) is 19.4 Å². The summed E-state index contributed by atoms with van der Waals surface area (Å²) < 4.78 is 17.5. The standard InChI is InChI=1S/C63H112O5/c1-4-7-10-13-16-19-22-25-28-30-32-34-36-38-41-44-47-50-53-56-62(64)67-60-61(59-66-58-55-52-49-46-43-40-27-24-21-18-15-12-9-6-3)68-63(65)57-54-51-48-45-42-39-37-35-33-31-29-26-23-20-17-14-11-8-5-2/h7,10,16,19,25-26,28-29,32,34,38,41,61H,4-6,8-9,11-15,17-18,20-24,27,30-31,33,35-37,39-40,42-60H2,1-3H3/b10-7-,19-16-,28-25-,29-26-,34-32-,41-38-. The average Bonchev–Trinajstić information content (AvgIpc) is 3.34. The molecule has 0 aromatic heterocycles. The lowest BCUT2D eigenvalue weighted by Crippen LogP contribution is -2.30. The molecule has 394 valence electrons. The maximum atomic E-state index is 12.9. The van der Waals surface area contributed by atoms with Gasteiger partial charge in [-0.25, -0.2) is 0 Å². The summed E-state index contributed by atoms with van der Waals surface area (Å²) in [6.45, 7) is 7.72. The van der Waals surface area contributed by atoms with E-state index in [4.69, 9.17) is 14.2 Å². The van der Waals surface area contributed by atoms with Gasteiger partial charge in [0, 0.05) is 19.4 Å². The van der Waals surface area contributed by atoms with E-state index in [-0.39, 0.29) is 25.2 Å². The number of rotatable bonds is 54. The molecule has 1 unspecified atom stereocenters. The largest absolute Gasteiger partial charge is 0.462 e. The highest BCUT2D eigenvalue weighted by Crippen LogP contribution is 2.16. The Hall–Kier alpha value is -2.66. The highest BCUT2D eigenvalue weighted by atomic mass is 16.6. The van der Waals surface area contributed by atoms with Crippen LogP contribution in [0, 0.1) is 0 Å². The van der Waals surface area contributed by atoms with E-state index in [9.17, 15) is 9.59 Å². The first-order valence-electron chi connectivity index (χ1n) is 29.5. The number of allylic oxidation sites excluding steroid dienone is 12. The van der Waals surface area contributed by atoms with Crippen LogP contribution in [-0.4, -0.2) is 37.9 Å². The molecule has 0 fully saturated rings. The van der Waals surface area contributed by atoms with E-state index in [0.717, 1.165) is 83.5 Å². The summed E-state index contributed by atoms with van der Waals surface area (Å²) in [6, 6.07) is 0. The van der Waals surface area contributed by atoms with Crippen LogP contribution >= 0.6 is 0 Å². The first kappa shape index (κ1) is 65.3. The second kappa shape index (κ2) is 58.7. The second-order valence-corrected chi connectivity index (χ2v) is 19.5. The summed E-state index contributed by atoms with van der Waals surface area (Å²) in [5.41, 5.74) is 0. The summed E-state index contributed by atoms with van der Waals surface area (Å²) in [6.07, 6.45) is 76.4. The quantitative estimate of drug-likeness (QED) is 0.0345. The number of hydrogen-bond acceptors (Lipinski definition) is 5. The molecule has 0 heterocycles. The van der Waals surface area contributed by atoms with Gasteiger partial charge in [0.15, 0.2) is 6.10 Å². The molecule has 0 rings (SSSR count). The third-order valence-electron chi connectivity index (χ3n) is 12.7. The lowest BCUT2D eigenvalue weighted by molar-refractivity contribution is -0.163. The van der Waals surface area contributed by atoms with Crippen molar-refractivity contribution in [3.05, 3.63) is 72.9 Å². The van der Waals surface area contributed by atoms with Crippen molar-refractivity contribution in [1.29, 1.82) is 0 Å². The molecule has 5 nitrogen and oxygen atoms in total. The number of hydrogen-bond donors (Lipinski definition) is 0. The highest BCUT2D eigenvalue weighted by molar-refractivity contribution is 5.70. The number of unbranched alkanes of at least 4 members (excludes halogenated alkanes) is 31. The molecule has 0 spiro atoms. The Bertz CT molecular complexity index is 1210. The molecule has 0 aromatic carbocycles. The Balaban J connectivity index is 4.31. The van der Waals surface area contributed by atoms with Crippen LogP contribution in [0.25, 0.3) is 0 Å². The van der Waals surface area contributed by atoms with Crippen LogP contribution in [0.3, 0.4) is 0 Å². The molecule has 0 aliphatic rings. The van der Waals surface area contributed by atoms with E-state index < -0.39 is 6.10 Å². The molecule has 0 saturated heterocycles. The van der Waals surface area contributed by atoms with Crippen molar-refractivity contribution < 1.29 is 23.8 Å². The summed E-state index contributed by atoms with van der Waals surface area (Å²) in [5.74, 6) is -0.425. The highest BCUT2D eigenvalue weighted by Gasteiger charge is 2.17. The van der Waals surface area contributed by atoms with Crippen molar-refractivity contribution >= 4 is 11.9 Å². The van der Waals surface area contributed by atoms with Gasteiger partial charge in [0.1, 0.15) is 6.61 Å². The van der Waals surface area contributed by atoms with Crippen molar-refractivity contribution in [2.24, 2.45) is 0 Å². The molecule has 0 N–H and O–H groups in total. The molecule has 5 heteroatoms. The van der Waals surface area contributed by atoms with E-state index in [2.05, 4.69) is 93.7 Å². The third kappa shape index (κ3) is 55.9. The van der Waals surface area contributed by atoms with E-state index in [1.165, 1.54) is 173 Å². The molecular formula is C63H112O5. The monoisotopic (exact) mass is 949 g/mol. The maximum Gasteiger partial charge on any atom is 0.306 e. The molecule has 1 atom stereocenters. The average molecular weight is 950 g/mol. The first-order chi connectivity index (χ1) is 33.6. The Morgan fingerprint density at radius 2 is 0.662 bits per heavy atom. The topological polar surface area (TPSA) is 61.8 Å². The minimum atomic E-state index is -0.552. The van der Waals surface area contributed by atoms with Gasteiger partial charge in [0.25, 0.3) is 0 Å². The Labute approximate surface area is 423 Å². The lowest BCUT2D eigenvalue weighted by atomic mass is 10.0. The van der Waals surface area contributed by atoms with E-state index >= 15 is 0 Å². The van der Waals surface area contributed by atoms with Crippen LogP contribution < -0.4 is 0 Å². The molecule has 0 saturated carbocycles. The van der Waals surface area contributed by atoms with Crippen molar-refractivity contribution in [2.45, 2.75) is 297 Å². The predicted octanol–water partition coefficient (Wildman–Crippen LogP) is 20.2. The van der Waals surface area contributed by atoms with Crippen molar-refractivity contribution in [3.8, 4) is 0 Å². The van der Waals surface area contributed by atoms with Crippen LogP contribution in [0.4, 0.5) is 0 Å². The third-order valence-corrected chi connectivity index (χ3v) is 12.7. The molecular weight excluding hydrogens is 837 g/mol. The Kier molecular flexibility index (Phi) is 56.4. The fourth-order valence-corrected chi connectivity index (χ4v) is 8.36. The lowest BCUT2D eigenvalue weighted by Gasteiger charge is -2.18. The predicted molar refractivity (Wildman–Crippen MR) is 297 cm³/mol. The van der Waals surface area contributed by atoms with Crippen LogP contribution in [-0.2, 0) is 23.8 Å². The zero-order valence-corrected chi connectivity index (χ0v) is 45.4. The summed E-state index contributed by atoms with van der Waals surface area (Å²) in [5, 5.41) is 0. The summed E-state index contributed by atoms with van der Waals surface area (Å²) in [4.78, 5) is 25.5. The van der Waals surface area contributed by atoms with Crippen LogP contribution in [0.15, 0.2) is 72.9 Å². The minimum Gasteiger partial charge on any atom is -0.462 e. The van der Waals surface area contributed by atoms with Crippen molar-refractivity contribution in [2.75, 3.05) is 19.8 Å². The van der Waals surface area contributed by atoms with Crippen molar-refractivity contribution in [3.63, 3.8) is 0 Å². The normalized spacial score (nSPS) is 12.7. The molecule has 0 bridgehead atoms. The van der Waals surface area contributed by atoms with E-state index in [1.54, 1.807) is 0 Å². The maximum absolute atomic E-state index is 12.9. The van der Waals surface area contributed by atoms with Gasteiger partial charge in [0.2, 0.25) is 0 Å². The van der Waals surface area contributed by atoms with Gasteiger partial charge >= 0.3 is 11.9 Å². The number of ether oxygens (including phenoxy) is 3. The van der Waals surface area contributed by atoms with Gasteiger partial charge in [-0.2, -0.15) is 0 Å². The smallest absolute Gasteiger partial charge is 0.306 e. The fraction of sp³-hybridized carbons (Fsp3) is 0.778.